The van der Waals surface area contributed by atoms with Crippen LogP contribution in [0.4, 0.5) is 38.5 Å². The van der Waals surface area contributed by atoms with Gasteiger partial charge in [-0.3, -0.25) is 4.79 Å². The molecule has 1 amide bonds. The van der Waals surface area contributed by atoms with Crippen LogP contribution < -0.4 is 20.9 Å². The third-order valence-electron chi connectivity index (χ3n) is 6.78. The summed E-state index contributed by atoms with van der Waals surface area (Å²) in [4.78, 5) is 14.8. The molecular formula is C30H32FN5O2. The van der Waals surface area contributed by atoms with E-state index >= 15 is 0 Å². The van der Waals surface area contributed by atoms with Crippen molar-refractivity contribution in [1.82, 2.24) is 4.57 Å². The molecule has 4 aromatic rings. The van der Waals surface area contributed by atoms with Crippen LogP contribution in [0.1, 0.15) is 30.3 Å². The van der Waals surface area contributed by atoms with Gasteiger partial charge in [0.1, 0.15) is 11.5 Å². The zero-order valence-corrected chi connectivity index (χ0v) is 21.3. The number of benzene rings is 3. The van der Waals surface area contributed by atoms with Crippen LogP contribution >= 0.6 is 0 Å². The van der Waals surface area contributed by atoms with Crippen molar-refractivity contribution in [2.45, 2.75) is 32.4 Å². The highest BCUT2D eigenvalue weighted by Crippen LogP contribution is 2.27. The lowest BCUT2D eigenvalue weighted by Crippen LogP contribution is -2.35. The van der Waals surface area contributed by atoms with Gasteiger partial charge in [0.25, 0.3) is 5.91 Å². The summed E-state index contributed by atoms with van der Waals surface area (Å²) in [6.07, 6.45) is 3.26. The van der Waals surface area contributed by atoms with Gasteiger partial charge in [0.2, 0.25) is 0 Å². The largest absolute Gasteiger partial charge is 0.393 e. The van der Waals surface area contributed by atoms with Crippen molar-refractivity contribution in [3.05, 3.63) is 96.6 Å². The minimum Gasteiger partial charge on any atom is -0.393 e. The highest BCUT2D eigenvalue weighted by molar-refractivity contribution is 6.03. The summed E-state index contributed by atoms with van der Waals surface area (Å²) >= 11 is 0. The van der Waals surface area contributed by atoms with Gasteiger partial charge in [-0.05, 0) is 98.6 Å². The molecule has 196 valence electrons. The number of piperidine rings is 1. The van der Waals surface area contributed by atoms with Crippen molar-refractivity contribution in [1.29, 1.82) is 0 Å². The number of anilines is 6. The monoisotopic (exact) mass is 513 g/mol. The molecule has 0 bridgehead atoms. The van der Waals surface area contributed by atoms with Crippen LogP contribution in [-0.2, 0) is 6.54 Å². The molecule has 38 heavy (non-hydrogen) atoms. The van der Waals surface area contributed by atoms with Crippen LogP contribution in [-0.4, -0.2) is 34.8 Å². The van der Waals surface area contributed by atoms with Gasteiger partial charge in [0.05, 0.1) is 11.8 Å². The maximum atomic E-state index is 14.8. The molecule has 2 heterocycles. The summed E-state index contributed by atoms with van der Waals surface area (Å²) in [6, 6.07) is 24.0. The summed E-state index contributed by atoms with van der Waals surface area (Å²) in [5.74, 6) is -0.736. The van der Waals surface area contributed by atoms with Gasteiger partial charge in [-0.2, -0.15) is 0 Å². The molecule has 0 unspecified atom stereocenters. The Morgan fingerprint density at radius 2 is 1.50 bits per heavy atom. The minimum absolute atomic E-state index is 0.183. The van der Waals surface area contributed by atoms with E-state index in [9.17, 15) is 14.3 Å². The Morgan fingerprint density at radius 3 is 2.13 bits per heavy atom. The predicted octanol–water partition coefficient (Wildman–Crippen LogP) is 6.35. The summed E-state index contributed by atoms with van der Waals surface area (Å²) in [7, 11) is 0. The molecule has 0 aliphatic carbocycles. The maximum absolute atomic E-state index is 14.8. The topological polar surface area (TPSA) is 81.6 Å². The molecule has 0 radical (unpaired) electrons. The Kier molecular flexibility index (Phi) is 7.60. The van der Waals surface area contributed by atoms with Gasteiger partial charge < -0.3 is 30.5 Å². The first-order valence-corrected chi connectivity index (χ1v) is 12.9. The van der Waals surface area contributed by atoms with E-state index in [2.05, 4.69) is 33.0 Å². The lowest BCUT2D eigenvalue weighted by molar-refractivity contribution is 0.101. The second kappa shape index (κ2) is 11.4. The molecule has 3 aromatic carbocycles. The SMILES string of the molecule is CCn1cccc1C(=O)Nc1ccc(Nc2ccc(Nc3ccc(N4CCC(O)CC4)cc3)cc2)c(F)c1. The number of aliphatic hydroxyl groups is 1. The van der Waals surface area contributed by atoms with E-state index in [0.717, 1.165) is 48.7 Å². The normalized spacial score (nSPS) is 13.8. The van der Waals surface area contributed by atoms with Gasteiger partial charge in [0, 0.05) is 54.3 Å². The number of halogens is 1. The fourth-order valence-electron chi connectivity index (χ4n) is 4.62. The third-order valence-corrected chi connectivity index (χ3v) is 6.78. The number of carbonyl (C=O) groups is 1. The van der Waals surface area contributed by atoms with Crippen molar-refractivity contribution in [3.8, 4) is 0 Å². The van der Waals surface area contributed by atoms with Gasteiger partial charge in [0.15, 0.2) is 0 Å². The summed E-state index contributed by atoms with van der Waals surface area (Å²) in [5, 5.41) is 18.9. The first kappa shape index (κ1) is 25.4. The van der Waals surface area contributed by atoms with E-state index in [1.165, 1.54) is 6.07 Å². The van der Waals surface area contributed by atoms with Crippen molar-refractivity contribution >= 4 is 40.0 Å². The molecule has 4 N–H and O–H groups in total. The summed E-state index contributed by atoms with van der Waals surface area (Å²) in [6.45, 7) is 4.38. The third kappa shape index (κ3) is 5.98. The van der Waals surface area contributed by atoms with Gasteiger partial charge in [-0.25, -0.2) is 4.39 Å². The Hall–Kier alpha value is -4.30. The van der Waals surface area contributed by atoms with E-state index in [-0.39, 0.29) is 12.0 Å². The Balaban J connectivity index is 1.17. The smallest absolute Gasteiger partial charge is 0.272 e. The lowest BCUT2D eigenvalue weighted by atomic mass is 10.1. The van der Waals surface area contributed by atoms with Crippen LogP contribution in [0.3, 0.4) is 0 Å². The van der Waals surface area contributed by atoms with Crippen LogP contribution in [0.2, 0.25) is 0 Å². The number of carbonyl (C=O) groups excluding carboxylic acids is 1. The molecule has 1 aromatic heterocycles. The minimum atomic E-state index is -0.459. The first-order valence-electron chi connectivity index (χ1n) is 12.9. The van der Waals surface area contributed by atoms with Crippen LogP contribution in [0, 0.1) is 5.82 Å². The fraction of sp³-hybridized carbons (Fsp3) is 0.233. The number of aliphatic hydroxyl groups excluding tert-OH is 1. The molecule has 5 rings (SSSR count). The molecule has 1 aliphatic heterocycles. The van der Waals surface area contributed by atoms with Crippen molar-refractivity contribution in [2.24, 2.45) is 0 Å². The first-order chi connectivity index (χ1) is 18.5. The second-order valence-electron chi connectivity index (χ2n) is 9.42. The molecule has 1 saturated heterocycles. The van der Waals surface area contributed by atoms with E-state index in [4.69, 9.17) is 0 Å². The van der Waals surface area contributed by atoms with Gasteiger partial charge in [-0.1, -0.05) is 0 Å². The zero-order chi connectivity index (χ0) is 26.5. The number of amides is 1. The van der Waals surface area contributed by atoms with E-state index in [1.54, 1.807) is 18.2 Å². The van der Waals surface area contributed by atoms with Crippen molar-refractivity contribution < 1.29 is 14.3 Å². The molecule has 7 nitrogen and oxygen atoms in total. The number of nitrogens with zero attached hydrogens (tertiary/aromatic N) is 2. The molecule has 0 atom stereocenters. The van der Waals surface area contributed by atoms with Crippen molar-refractivity contribution in [2.75, 3.05) is 33.9 Å². The highest BCUT2D eigenvalue weighted by Gasteiger charge is 2.17. The van der Waals surface area contributed by atoms with E-state index in [1.807, 2.05) is 60.2 Å². The van der Waals surface area contributed by atoms with E-state index < -0.39 is 5.82 Å². The number of hydrogen-bond donors (Lipinski definition) is 4. The lowest BCUT2D eigenvalue weighted by Gasteiger charge is -2.31. The van der Waals surface area contributed by atoms with Crippen LogP contribution in [0.5, 0.6) is 0 Å². The highest BCUT2D eigenvalue weighted by atomic mass is 19.1. The molecule has 1 fully saturated rings. The van der Waals surface area contributed by atoms with Crippen LogP contribution in [0.15, 0.2) is 85.1 Å². The molecule has 0 spiro atoms. The molecule has 8 heteroatoms. The number of aryl methyl sites for hydroxylation is 1. The quantitative estimate of drug-likeness (QED) is 0.221. The molecular weight excluding hydrogens is 481 g/mol. The Labute approximate surface area is 221 Å². The average Bonchev–Trinajstić information content (AvgIpc) is 3.42. The van der Waals surface area contributed by atoms with Crippen molar-refractivity contribution in [3.63, 3.8) is 0 Å². The average molecular weight is 514 g/mol. The van der Waals surface area contributed by atoms with Gasteiger partial charge >= 0.3 is 0 Å². The molecule has 0 saturated carbocycles. The van der Waals surface area contributed by atoms with Crippen LogP contribution in [0.25, 0.3) is 0 Å². The number of aromatic nitrogens is 1. The Morgan fingerprint density at radius 1 is 0.895 bits per heavy atom. The fourth-order valence-corrected chi connectivity index (χ4v) is 4.62. The number of rotatable bonds is 8. The zero-order valence-electron chi connectivity index (χ0n) is 21.3. The number of nitrogens with one attached hydrogen (secondary N) is 3. The van der Waals surface area contributed by atoms with E-state index in [0.29, 0.717) is 23.6 Å². The maximum Gasteiger partial charge on any atom is 0.272 e. The second-order valence-corrected chi connectivity index (χ2v) is 9.42. The summed E-state index contributed by atoms with van der Waals surface area (Å²) < 4.78 is 16.6. The Bertz CT molecular complexity index is 1380. The predicted molar refractivity (Wildman–Crippen MR) is 151 cm³/mol. The summed E-state index contributed by atoms with van der Waals surface area (Å²) in [5.41, 5.74) is 5.04. The number of hydrogen-bond acceptors (Lipinski definition) is 5. The van der Waals surface area contributed by atoms with Gasteiger partial charge in [-0.15, -0.1) is 0 Å². The standard InChI is InChI=1S/C30H32FN5O2/c1-2-35-17-3-4-29(35)30(38)34-24-11-14-28(27(31)20-24)33-23-7-5-21(6-8-23)32-22-9-12-25(13-10-22)36-18-15-26(37)16-19-36/h3-14,17,20,26,32-33,37H,2,15-16,18-19H2,1H3,(H,34,38). The molecule has 1 aliphatic rings.